The molecule has 0 unspecified atom stereocenters. The average Bonchev–Trinajstić information content (AvgIpc) is 2.77. The Morgan fingerprint density at radius 1 is 0.750 bits per heavy atom. The molecule has 0 saturated heterocycles. The van der Waals surface area contributed by atoms with Gasteiger partial charge in [-0.25, -0.2) is 0 Å². The molecule has 190 valence electrons. The van der Waals surface area contributed by atoms with Crippen molar-refractivity contribution in [1.29, 1.82) is 0 Å². The Hall–Kier alpha value is -3.58. The van der Waals surface area contributed by atoms with Crippen LogP contribution in [0.25, 0.3) is 11.1 Å². The minimum Gasteiger partial charge on any atom is -0.399 e. The van der Waals surface area contributed by atoms with Gasteiger partial charge in [0.15, 0.2) is 5.78 Å². The van der Waals surface area contributed by atoms with Crippen molar-refractivity contribution in [1.82, 2.24) is 0 Å². The van der Waals surface area contributed by atoms with Crippen molar-refractivity contribution in [2.24, 2.45) is 5.41 Å². The van der Waals surface area contributed by atoms with Crippen molar-refractivity contribution in [3.63, 3.8) is 0 Å². The number of amides is 1. The van der Waals surface area contributed by atoms with Crippen LogP contribution in [0.15, 0.2) is 70.5 Å². The van der Waals surface area contributed by atoms with E-state index in [0.717, 1.165) is 12.1 Å². The Kier molecular flexibility index (Phi) is 7.10. The van der Waals surface area contributed by atoms with Crippen LogP contribution in [-0.4, -0.2) is 37.6 Å². The molecule has 0 aliphatic rings. The summed E-state index contributed by atoms with van der Waals surface area (Å²) in [6.07, 6.45) is 0. The molecule has 0 heterocycles. The lowest BCUT2D eigenvalue weighted by atomic mass is 9.86. The van der Waals surface area contributed by atoms with Crippen LogP contribution in [-0.2, 0) is 20.2 Å². The molecule has 0 fully saturated rings. The number of hydrogen-bond acceptors (Lipinski definition) is 7. The molecule has 0 aliphatic heterocycles. The number of carbonyl (C=O) groups excluding carboxylic acids is 2. The van der Waals surface area contributed by atoms with Gasteiger partial charge in [0.1, 0.15) is 9.79 Å². The number of nitrogens with one attached hydrogen (secondary N) is 1. The van der Waals surface area contributed by atoms with E-state index in [0.29, 0.717) is 5.56 Å². The number of nitrogen functional groups attached to an aromatic ring is 1. The fraction of sp³-hybridized carbons (Fsp3) is 0.167. The van der Waals surface area contributed by atoms with Gasteiger partial charge in [0.25, 0.3) is 26.1 Å². The van der Waals surface area contributed by atoms with Crippen LogP contribution in [0.3, 0.4) is 0 Å². The highest BCUT2D eigenvalue weighted by atomic mass is 32.2. The summed E-state index contributed by atoms with van der Waals surface area (Å²) in [6.45, 7) is 5.32. The molecular weight excluding hydrogens is 508 g/mol. The summed E-state index contributed by atoms with van der Waals surface area (Å²) in [5, 5.41) is 2.50. The molecule has 5 N–H and O–H groups in total. The second-order valence-corrected chi connectivity index (χ2v) is 11.8. The number of ketones is 1. The summed E-state index contributed by atoms with van der Waals surface area (Å²) >= 11 is 0. The first kappa shape index (κ1) is 27.0. The number of benzene rings is 3. The van der Waals surface area contributed by atoms with Crippen molar-refractivity contribution in [3.8, 4) is 11.1 Å². The molecule has 1 amide bonds. The van der Waals surface area contributed by atoms with Gasteiger partial charge >= 0.3 is 0 Å². The van der Waals surface area contributed by atoms with Crippen LogP contribution >= 0.6 is 0 Å². The van der Waals surface area contributed by atoms with Gasteiger partial charge in [-0.1, -0.05) is 45.0 Å². The normalized spacial score (nSPS) is 12.2. The standard InChI is InChI=1S/C24H24N2O8S2/c1-24(2,3)22(27)14-4-6-15(7-5-14)23(28)26-17-9-11-19(21(13-17)36(32,33)34)18-10-8-16(25)12-20(18)35(29,30)31/h4-13H,25H2,1-3H3,(H,26,28)(H,29,30,31)(H,32,33,34). The SMILES string of the molecule is CC(C)(C)C(=O)c1ccc(C(=O)Nc2ccc(-c3ccc(N)cc3S(=O)(=O)O)c(S(=O)(=O)O)c2)cc1. The van der Waals surface area contributed by atoms with E-state index in [1.165, 1.54) is 48.5 Å². The van der Waals surface area contributed by atoms with Gasteiger partial charge in [-0.3, -0.25) is 18.7 Å². The van der Waals surface area contributed by atoms with E-state index in [-0.39, 0.29) is 33.8 Å². The first-order valence-corrected chi connectivity index (χ1v) is 13.3. The Labute approximate surface area is 208 Å². The molecule has 3 aromatic carbocycles. The fourth-order valence-electron chi connectivity index (χ4n) is 3.42. The molecule has 3 rings (SSSR count). The van der Waals surface area contributed by atoms with Gasteiger partial charge in [-0.05, 0) is 36.4 Å². The number of nitrogens with two attached hydrogens (primary N) is 1. The van der Waals surface area contributed by atoms with Crippen LogP contribution in [0, 0.1) is 5.41 Å². The topological polar surface area (TPSA) is 181 Å². The number of carbonyl (C=O) groups is 2. The monoisotopic (exact) mass is 532 g/mol. The van der Waals surface area contributed by atoms with Crippen LogP contribution in [0.1, 0.15) is 41.5 Å². The lowest BCUT2D eigenvalue weighted by Gasteiger charge is -2.16. The van der Waals surface area contributed by atoms with Gasteiger partial charge in [-0.15, -0.1) is 0 Å². The number of rotatable bonds is 6. The number of hydrogen-bond donors (Lipinski definition) is 4. The first-order chi connectivity index (χ1) is 16.5. The quantitative estimate of drug-likeness (QED) is 0.208. The minimum absolute atomic E-state index is 0.00103. The third-order valence-corrected chi connectivity index (χ3v) is 6.97. The van der Waals surface area contributed by atoms with Crippen LogP contribution in [0.4, 0.5) is 11.4 Å². The predicted octanol–water partition coefficient (Wildman–Crippen LogP) is 3.91. The lowest BCUT2D eigenvalue weighted by Crippen LogP contribution is -2.20. The largest absolute Gasteiger partial charge is 0.399 e. The molecule has 36 heavy (non-hydrogen) atoms. The highest BCUT2D eigenvalue weighted by Crippen LogP contribution is 2.35. The van der Waals surface area contributed by atoms with Crippen molar-refractivity contribution in [3.05, 3.63) is 71.8 Å². The Morgan fingerprint density at radius 3 is 1.72 bits per heavy atom. The fourth-order valence-corrected chi connectivity index (χ4v) is 4.89. The molecule has 0 aliphatic carbocycles. The summed E-state index contributed by atoms with van der Waals surface area (Å²) in [4.78, 5) is 23.7. The number of Topliss-reactive ketones (excluding diaryl/α,β-unsaturated/α-hetero) is 1. The van der Waals surface area contributed by atoms with Gasteiger partial charge in [-0.2, -0.15) is 16.8 Å². The third kappa shape index (κ3) is 5.97. The zero-order chi connectivity index (χ0) is 27.1. The first-order valence-electron chi connectivity index (χ1n) is 10.4. The molecular formula is C24H24N2O8S2. The Morgan fingerprint density at radius 2 is 1.22 bits per heavy atom. The lowest BCUT2D eigenvalue weighted by molar-refractivity contribution is 0.0857. The van der Waals surface area contributed by atoms with Crippen LogP contribution in [0.2, 0.25) is 0 Å². The van der Waals surface area contributed by atoms with Gasteiger partial charge in [0.2, 0.25) is 0 Å². The van der Waals surface area contributed by atoms with Crippen LogP contribution in [0.5, 0.6) is 0 Å². The van der Waals surface area contributed by atoms with E-state index in [1.807, 2.05) is 0 Å². The molecule has 0 atom stereocenters. The molecule has 0 radical (unpaired) electrons. The van der Waals surface area contributed by atoms with Crippen molar-refractivity contribution in [2.75, 3.05) is 11.1 Å². The molecule has 10 nitrogen and oxygen atoms in total. The third-order valence-electron chi connectivity index (χ3n) is 5.18. The van der Waals surface area contributed by atoms with Gasteiger partial charge in [0.05, 0.1) is 0 Å². The Bertz CT molecular complexity index is 1570. The second kappa shape index (κ2) is 9.47. The van der Waals surface area contributed by atoms with E-state index in [4.69, 9.17) is 5.73 Å². The molecule has 0 aromatic heterocycles. The predicted molar refractivity (Wildman–Crippen MR) is 134 cm³/mol. The summed E-state index contributed by atoms with van der Waals surface area (Å²) in [5.74, 6) is -0.723. The average molecular weight is 533 g/mol. The zero-order valence-corrected chi connectivity index (χ0v) is 21.1. The van der Waals surface area contributed by atoms with E-state index in [2.05, 4.69) is 5.32 Å². The number of anilines is 2. The summed E-state index contributed by atoms with van der Waals surface area (Å²) in [6, 6.07) is 12.7. The smallest absolute Gasteiger partial charge is 0.295 e. The second-order valence-electron chi connectivity index (χ2n) is 9.03. The molecule has 12 heteroatoms. The maximum absolute atomic E-state index is 12.7. The van der Waals surface area contributed by atoms with Crippen molar-refractivity contribution in [2.45, 2.75) is 30.6 Å². The molecule has 0 bridgehead atoms. The molecule has 0 saturated carbocycles. The maximum atomic E-state index is 12.7. The minimum atomic E-state index is -4.90. The van der Waals surface area contributed by atoms with Crippen molar-refractivity contribution < 1.29 is 35.5 Å². The van der Waals surface area contributed by atoms with E-state index in [1.54, 1.807) is 20.8 Å². The van der Waals surface area contributed by atoms with E-state index in [9.17, 15) is 35.5 Å². The van der Waals surface area contributed by atoms with E-state index >= 15 is 0 Å². The van der Waals surface area contributed by atoms with Crippen molar-refractivity contribution >= 4 is 43.3 Å². The maximum Gasteiger partial charge on any atom is 0.295 e. The van der Waals surface area contributed by atoms with Crippen LogP contribution < -0.4 is 11.1 Å². The summed E-state index contributed by atoms with van der Waals surface area (Å²) < 4.78 is 67.3. The highest BCUT2D eigenvalue weighted by Gasteiger charge is 2.25. The molecule has 0 spiro atoms. The Balaban J connectivity index is 2.00. The van der Waals surface area contributed by atoms with Gasteiger partial charge < -0.3 is 11.1 Å². The summed E-state index contributed by atoms with van der Waals surface area (Å²) in [7, 11) is -9.70. The summed E-state index contributed by atoms with van der Waals surface area (Å²) in [5.41, 5.74) is 5.12. The zero-order valence-electron chi connectivity index (χ0n) is 19.5. The van der Waals surface area contributed by atoms with Gasteiger partial charge in [0, 0.05) is 39.0 Å². The highest BCUT2D eigenvalue weighted by molar-refractivity contribution is 7.86. The molecule has 3 aromatic rings. The van der Waals surface area contributed by atoms with E-state index < -0.39 is 41.3 Å².